The van der Waals surface area contributed by atoms with Crippen LogP contribution in [0.2, 0.25) is 5.02 Å². The third-order valence-electron chi connectivity index (χ3n) is 4.96. The maximum absolute atomic E-state index is 12.9. The Labute approximate surface area is 179 Å². The highest BCUT2D eigenvalue weighted by Crippen LogP contribution is 2.31. The molecule has 4 rings (SSSR count). The standard InChI is InChI=1S/C23H19ClN2O3S/c1-15-7-5-6-10-21(15)30(28,29)25-14-19-22(16-8-3-2-4-9-16)18-13-17(24)11-12-20(18)26-23(19)27/h2-13,25H,14H2,1H3,(H,26,27). The topological polar surface area (TPSA) is 79.0 Å². The molecule has 0 bridgehead atoms. The van der Waals surface area contributed by atoms with Gasteiger partial charge in [0.1, 0.15) is 0 Å². The van der Waals surface area contributed by atoms with Crippen LogP contribution in [0.3, 0.4) is 0 Å². The highest BCUT2D eigenvalue weighted by atomic mass is 35.5. The van der Waals surface area contributed by atoms with Crippen LogP contribution in [0.1, 0.15) is 11.1 Å². The zero-order chi connectivity index (χ0) is 21.3. The quantitative estimate of drug-likeness (QED) is 0.476. The number of benzene rings is 3. The van der Waals surface area contributed by atoms with Crippen LogP contribution in [0, 0.1) is 6.92 Å². The van der Waals surface area contributed by atoms with Gasteiger partial charge in [0.25, 0.3) is 5.56 Å². The number of sulfonamides is 1. The first kappa shape index (κ1) is 20.3. The van der Waals surface area contributed by atoms with Crippen molar-refractivity contribution in [3.05, 3.63) is 99.3 Å². The Hall–Kier alpha value is -2.93. The number of H-pyrrole nitrogens is 1. The van der Waals surface area contributed by atoms with Gasteiger partial charge in [0.05, 0.1) is 4.90 Å². The van der Waals surface area contributed by atoms with Crippen LogP contribution in [0.4, 0.5) is 0 Å². The first-order chi connectivity index (χ1) is 14.4. The molecular weight excluding hydrogens is 420 g/mol. The molecule has 0 unspecified atom stereocenters. The van der Waals surface area contributed by atoms with Crippen molar-refractivity contribution in [3.8, 4) is 11.1 Å². The van der Waals surface area contributed by atoms with Gasteiger partial charge >= 0.3 is 0 Å². The predicted molar refractivity (Wildman–Crippen MR) is 120 cm³/mol. The van der Waals surface area contributed by atoms with Gasteiger partial charge in [0, 0.05) is 33.6 Å². The van der Waals surface area contributed by atoms with Crippen molar-refractivity contribution in [2.45, 2.75) is 18.4 Å². The van der Waals surface area contributed by atoms with E-state index in [2.05, 4.69) is 9.71 Å². The van der Waals surface area contributed by atoms with Gasteiger partial charge in [-0.05, 0) is 42.3 Å². The van der Waals surface area contributed by atoms with Gasteiger partial charge in [-0.15, -0.1) is 0 Å². The molecule has 30 heavy (non-hydrogen) atoms. The fourth-order valence-corrected chi connectivity index (χ4v) is 4.92. The van der Waals surface area contributed by atoms with E-state index in [1.807, 2.05) is 30.3 Å². The van der Waals surface area contributed by atoms with E-state index in [-0.39, 0.29) is 17.0 Å². The highest BCUT2D eigenvalue weighted by Gasteiger charge is 2.20. The van der Waals surface area contributed by atoms with Gasteiger partial charge < -0.3 is 4.98 Å². The molecule has 0 saturated heterocycles. The average Bonchev–Trinajstić information content (AvgIpc) is 2.73. The van der Waals surface area contributed by atoms with E-state index in [0.717, 1.165) is 10.9 Å². The highest BCUT2D eigenvalue weighted by molar-refractivity contribution is 7.89. The number of hydrogen-bond donors (Lipinski definition) is 2. The first-order valence-electron chi connectivity index (χ1n) is 9.32. The molecule has 2 N–H and O–H groups in total. The van der Waals surface area contributed by atoms with Gasteiger partial charge in [-0.2, -0.15) is 0 Å². The lowest BCUT2D eigenvalue weighted by Gasteiger charge is -2.15. The van der Waals surface area contributed by atoms with E-state index in [4.69, 9.17) is 11.6 Å². The van der Waals surface area contributed by atoms with Crippen LogP contribution in [-0.4, -0.2) is 13.4 Å². The summed E-state index contributed by atoms with van der Waals surface area (Å²) >= 11 is 6.21. The molecule has 0 aliphatic rings. The number of hydrogen-bond acceptors (Lipinski definition) is 3. The van der Waals surface area contributed by atoms with Gasteiger partial charge in [0.15, 0.2) is 0 Å². The number of pyridine rings is 1. The van der Waals surface area contributed by atoms with Gasteiger partial charge in [0.2, 0.25) is 10.0 Å². The Morgan fingerprint density at radius 2 is 1.67 bits per heavy atom. The normalized spacial score (nSPS) is 11.7. The number of aromatic amines is 1. The number of rotatable bonds is 5. The van der Waals surface area contributed by atoms with E-state index in [1.54, 1.807) is 49.4 Å². The number of aryl methyl sites for hydroxylation is 1. The first-order valence-corrected chi connectivity index (χ1v) is 11.2. The zero-order valence-corrected chi connectivity index (χ0v) is 17.7. The third-order valence-corrected chi connectivity index (χ3v) is 6.76. The second-order valence-corrected chi connectivity index (χ2v) is 9.13. The zero-order valence-electron chi connectivity index (χ0n) is 16.1. The Balaban J connectivity index is 1.86. The smallest absolute Gasteiger partial charge is 0.253 e. The molecule has 0 atom stereocenters. The second-order valence-electron chi connectivity index (χ2n) is 6.95. The van der Waals surface area contributed by atoms with Crippen molar-refractivity contribution in [2.24, 2.45) is 0 Å². The lowest BCUT2D eigenvalue weighted by atomic mass is 9.96. The minimum absolute atomic E-state index is 0.154. The van der Waals surface area contributed by atoms with Crippen molar-refractivity contribution in [3.63, 3.8) is 0 Å². The summed E-state index contributed by atoms with van der Waals surface area (Å²) in [4.78, 5) is 15.9. The summed E-state index contributed by atoms with van der Waals surface area (Å²) in [6, 6.07) is 21.3. The molecule has 0 aliphatic carbocycles. The summed E-state index contributed by atoms with van der Waals surface area (Å²) in [5, 5.41) is 1.27. The molecule has 0 saturated carbocycles. The minimum atomic E-state index is -3.80. The SMILES string of the molecule is Cc1ccccc1S(=O)(=O)NCc1c(-c2ccccc2)c2cc(Cl)ccc2[nH]c1=O. The van der Waals surface area contributed by atoms with Crippen LogP contribution >= 0.6 is 11.6 Å². The molecule has 7 heteroatoms. The second kappa shape index (κ2) is 8.07. The van der Waals surface area contributed by atoms with Crippen molar-refractivity contribution >= 4 is 32.5 Å². The summed E-state index contributed by atoms with van der Waals surface area (Å²) in [5.74, 6) is 0. The summed E-state index contributed by atoms with van der Waals surface area (Å²) in [7, 11) is -3.80. The Kier molecular flexibility index (Phi) is 5.47. The average molecular weight is 439 g/mol. The van der Waals surface area contributed by atoms with Crippen molar-refractivity contribution in [2.75, 3.05) is 0 Å². The fraction of sp³-hybridized carbons (Fsp3) is 0.0870. The van der Waals surface area contributed by atoms with E-state index in [9.17, 15) is 13.2 Å². The van der Waals surface area contributed by atoms with Gasteiger partial charge in [-0.25, -0.2) is 13.1 Å². The Morgan fingerprint density at radius 3 is 2.40 bits per heavy atom. The molecule has 0 fully saturated rings. The summed E-state index contributed by atoms with van der Waals surface area (Å²) in [6.45, 7) is 1.58. The van der Waals surface area contributed by atoms with E-state index in [1.165, 1.54) is 0 Å². The summed E-state index contributed by atoms with van der Waals surface area (Å²) in [5.41, 5.74) is 2.70. The molecule has 0 spiro atoms. The third kappa shape index (κ3) is 3.89. The molecule has 152 valence electrons. The molecule has 1 aromatic heterocycles. The number of fused-ring (bicyclic) bond motifs is 1. The Morgan fingerprint density at radius 1 is 0.967 bits per heavy atom. The Bertz CT molecular complexity index is 1400. The number of halogens is 1. The summed E-state index contributed by atoms with van der Waals surface area (Å²) in [6.07, 6.45) is 0. The van der Waals surface area contributed by atoms with Crippen LogP contribution < -0.4 is 10.3 Å². The van der Waals surface area contributed by atoms with Crippen molar-refractivity contribution in [1.82, 2.24) is 9.71 Å². The molecule has 5 nitrogen and oxygen atoms in total. The molecule has 4 aromatic rings. The van der Waals surface area contributed by atoms with E-state index < -0.39 is 10.0 Å². The minimum Gasteiger partial charge on any atom is -0.322 e. The van der Waals surface area contributed by atoms with Crippen LogP contribution in [0.15, 0.2) is 82.5 Å². The maximum Gasteiger partial charge on any atom is 0.253 e. The number of nitrogens with one attached hydrogen (secondary N) is 2. The monoisotopic (exact) mass is 438 g/mol. The van der Waals surface area contributed by atoms with Crippen molar-refractivity contribution < 1.29 is 8.42 Å². The number of aromatic nitrogens is 1. The summed E-state index contributed by atoms with van der Waals surface area (Å²) < 4.78 is 28.3. The largest absolute Gasteiger partial charge is 0.322 e. The predicted octanol–water partition coefficient (Wildman–Crippen LogP) is 4.64. The van der Waals surface area contributed by atoms with Crippen LogP contribution in [0.25, 0.3) is 22.0 Å². The fourth-order valence-electron chi connectivity index (χ4n) is 3.51. The molecule has 1 heterocycles. The lowest BCUT2D eigenvalue weighted by Crippen LogP contribution is -2.28. The van der Waals surface area contributed by atoms with E-state index in [0.29, 0.717) is 27.2 Å². The molecule has 3 aromatic carbocycles. The van der Waals surface area contributed by atoms with Crippen molar-refractivity contribution in [1.29, 1.82) is 0 Å². The van der Waals surface area contributed by atoms with Crippen LogP contribution in [0.5, 0.6) is 0 Å². The molecule has 0 amide bonds. The van der Waals surface area contributed by atoms with Gasteiger partial charge in [-0.1, -0.05) is 60.1 Å². The molecule has 0 radical (unpaired) electrons. The van der Waals surface area contributed by atoms with E-state index >= 15 is 0 Å². The van der Waals surface area contributed by atoms with Gasteiger partial charge in [-0.3, -0.25) is 4.79 Å². The molecular formula is C23H19ClN2O3S. The maximum atomic E-state index is 12.9. The molecule has 0 aliphatic heterocycles. The van der Waals surface area contributed by atoms with Crippen LogP contribution in [-0.2, 0) is 16.6 Å². The lowest BCUT2D eigenvalue weighted by molar-refractivity contribution is 0.580.